The highest BCUT2D eigenvalue weighted by Crippen LogP contribution is 2.23. The lowest BCUT2D eigenvalue weighted by atomic mass is 10.1. The van der Waals surface area contributed by atoms with Gasteiger partial charge >= 0.3 is 0 Å². The summed E-state index contributed by atoms with van der Waals surface area (Å²) >= 11 is 0. The Balaban J connectivity index is 1.43. The van der Waals surface area contributed by atoms with E-state index < -0.39 is 5.83 Å². The second-order valence-corrected chi connectivity index (χ2v) is 7.46. The van der Waals surface area contributed by atoms with Gasteiger partial charge in [-0.05, 0) is 42.3 Å². The van der Waals surface area contributed by atoms with Crippen LogP contribution in [-0.2, 0) is 0 Å². The zero-order valence-electron chi connectivity index (χ0n) is 19.2. The molecular weight excluding hydrogens is 441 g/mol. The van der Waals surface area contributed by atoms with E-state index in [1.807, 2.05) is 61.5 Å². The highest BCUT2D eigenvalue weighted by Gasteiger charge is 2.08. The predicted molar refractivity (Wildman–Crippen MR) is 139 cm³/mol. The maximum absolute atomic E-state index is 13.6. The number of anilines is 3. The van der Waals surface area contributed by atoms with Gasteiger partial charge in [0.2, 0.25) is 11.9 Å². The van der Waals surface area contributed by atoms with Crippen LogP contribution < -0.4 is 10.6 Å². The van der Waals surface area contributed by atoms with Crippen LogP contribution in [-0.4, -0.2) is 25.1 Å². The largest absolute Gasteiger partial charge is 0.324 e. The molecule has 0 saturated carbocycles. The Labute approximate surface area is 202 Å². The van der Waals surface area contributed by atoms with E-state index in [9.17, 15) is 4.39 Å². The third kappa shape index (κ3) is 5.94. The molecule has 4 rings (SSSR count). The minimum atomic E-state index is -0.424. The zero-order valence-corrected chi connectivity index (χ0v) is 19.2. The summed E-state index contributed by atoms with van der Waals surface area (Å²) in [5.41, 5.74) is 4.57. The molecule has 8 heteroatoms. The topological polar surface area (TPSA) is 91.4 Å². The van der Waals surface area contributed by atoms with Crippen LogP contribution in [0.25, 0.3) is 22.7 Å². The fourth-order valence-electron chi connectivity index (χ4n) is 3.25. The van der Waals surface area contributed by atoms with Crippen molar-refractivity contribution in [3.05, 3.63) is 115 Å². The molecule has 4 aromatic rings. The number of halogens is 1. The Morgan fingerprint density at radius 2 is 1.77 bits per heavy atom. The Hall–Kier alpha value is -4.85. The van der Waals surface area contributed by atoms with Crippen molar-refractivity contribution in [3.63, 3.8) is 0 Å². The van der Waals surface area contributed by atoms with Crippen molar-refractivity contribution in [2.75, 3.05) is 10.6 Å². The molecule has 35 heavy (non-hydrogen) atoms. The summed E-state index contributed by atoms with van der Waals surface area (Å²) in [5.74, 6) is 1.08. The van der Waals surface area contributed by atoms with Crippen LogP contribution in [0.5, 0.6) is 0 Å². The van der Waals surface area contributed by atoms with Crippen molar-refractivity contribution in [2.45, 2.75) is 6.92 Å². The van der Waals surface area contributed by atoms with Gasteiger partial charge in [-0.1, -0.05) is 61.7 Å². The molecule has 3 N–H and O–H groups in total. The van der Waals surface area contributed by atoms with Crippen molar-refractivity contribution in [2.24, 2.45) is 0 Å². The molecule has 0 bridgehead atoms. The van der Waals surface area contributed by atoms with E-state index in [1.54, 1.807) is 18.5 Å². The number of rotatable bonds is 9. The second-order valence-electron chi connectivity index (χ2n) is 7.46. The monoisotopic (exact) mass is 465 g/mol. The zero-order chi connectivity index (χ0) is 24.6. The van der Waals surface area contributed by atoms with Gasteiger partial charge in [0.1, 0.15) is 5.83 Å². The van der Waals surface area contributed by atoms with Gasteiger partial charge in [-0.2, -0.15) is 4.98 Å². The molecule has 0 amide bonds. The predicted octanol–water partition coefficient (Wildman–Crippen LogP) is 6.53. The van der Waals surface area contributed by atoms with Crippen molar-refractivity contribution < 1.29 is 4.39 Å². The van der Waals surface area contributed by atoms with Gasteiger partial charge in [0.15, 0.2) is 5.82 Å². The van der Waals surface area contributed by atoms with Crippen molar-refractivity contribution in [1.29, 1.82) is 0 Å². The Kier molecular flexibility index (Phi) is 7.22. The summed E-state index contributed by atoms with van der Waals surface area (Å²) in [6.07, 6.45) is 7.59. The first kappa shape index (κ1) is 23.3. The second kappa shape index (κ2) is 10.8. The van der Waals surface area contributed by atoms with Gasteiger partial charge in [-0.25, -0.2) is 14.4 Å². The Morgan fingerprint density at radius 1 is 1.00 bits per heavy atom. The van der Waals surface area contributed by atoms with Gasteiger partial charge in [0.25, 0.3) is 0 Å². The van der Waals surface area contributed by atoms with Crippen LogP contribution in [0, 0.1) is 0 Å². The van der Waals surface area contributed by atoms with E-state index >= 15 is 0 Å². The standard InChI is InChI=1S/C27H24FN7/c1-4-19(14-23(28)5-2)22-16-29-26(30-17-22)32-24-13-9-12-21(15-24)18(3)31-27-33-25(34-35-27)20-10-7-6-8-11-20/h4-17H,2-3H2,1H3,(H,29,30,32)(H2,31,33,34,35)/b19-4+,23-14+. The molecule has 174 valence electrons. The maximum atomic E-state index is 13.6. The summed E-state index contributed by atoms with van der Waals surface area (Å²) in [6, 6.07) is 17.4. The molecule has 0 aliphatic carbocycles. The molecule has 0 aliphatic heterocycles. The number of hydrogen-bond acceptors (Lipinski definition) is 6. The number of benzene rings is 2. The summed E-state index contributed by atoms with van der Waals surface area (Å²) < 4.78 is 13.6. The molecule has 0 saturated heterocycles. The summed E-state index contributed by atoms with van der Waals surface area (Å²) in [6.45, 7) is 9.36. The van der Waals surface area contributed by atoms with Crippen LogP contribution >= 0.6 is 0 Å². The van der Waals surface area contributed by atoms with Crippen molar-refractivity contribution >= 4 is 28.9 Å². The lowest BCUT2D eigenvalue weighted by molar-refractivity contribution is 0.668. The number of nitrogens with one attached hydrogen (secondary N) is 3. The SMILES string of the molecule is C=C/C(F)=C\C(=C/C)c1cnc(Nc2cccc(C(=C)Nc3n[nH]c(-c4ccccc4)n3)c2)nc1. The minimum Gasteiger partial charge on any atom is -0.324 e. The quantitative estimate of drug-likeness (QED) is 0.243. The number of H-pyrrole nitrogens is 1. The first-order chi connectivity index (χ1) is 17.1. The Bertz CT molecular complexity index is 1390. The molecule has 2 aromatic carbocycles. The lowest BCUT2D eigenvalue weighted by Gasteiger charge is -2.10. The molecule has 0 aliphatic rings. The highest BCUT2D eigenvalue weighted by molar-refractivity contribution is 5.76. The summed E-state index contributed by atoms with van der Waals surface area (Å²) in [7, 11) is 0. The summed E-state index contributed by atoms with van der Waals surface area (Å²) in [4.78, 5) is 13.2. The molecule has 0 unspecified atom stereocenters. The number of aromatic nitrogens is 5. The van der Waals surface area contributed by atoms with Gasteiger partial charge < -0.3 is 10.6 Å². The van der Waals surface area contributed by atoms with Gasteiger partial charge in [0, 0.05) is 34.9 Å². The minimum absolute atomic E-state index is 0.412. The average Bonchev–Trinajstić information content (AvgIpc) is 3.37. The first-order valence-electron chi connectivity index (χ1n) is 10.9. The fourth-order valence-corrected chi connectivity index (χ4v) is 3.25. The molecule has 2 aromatic heterocycles. The average molecular weight is 466 g/mol. The highest BCUT2D eigenvalue weighted by atomic mass is 19.1. The van der Waals surface area contributed by atoms with E-state index in [0.29, 0.717) is 34.6 Å². The van der Waals surface area contributed by atoms with Crippen molar-refractivity contribution in [1.82, 2.24) is 25.1 Å². The van der Waals surface area contributed by atoms with Crippen molar-refractivity contribution in [3.8, 4) is 11.4 Å². The number of allylic oxidation sites excluding steroid dienone is 5. The van der Waals surface area contributed by atoms with E-state index in [-0.39, 0.29) is 0 Å². The lowest BCUT2D eigenvalue weighted by Crippen LogP contribution is -2.01. The van der Waals surface area contributed by atoms with Gasteiger partial charge in [-0.3, -0.25) is 5.10 Å². The molecule has 0 fully saturated rings. The normalized spacial score (nSPS) is 11.7. The molecule has 7 nitrogen and oxygen atoms in total. The molecule has 2 heterocycles. The van der Waals surface area contributed by atoms with Crippen LogP contribution in [0.4, 0.5) is 22.0 Å². The number of hydrogen-bond donors (Lipinski definition) is 3. The molecule has 0 radical (unpaired) electrons. The molecule has 0 spiro atoms. The van der Waals surface area contributed by atoms with Crippen LogP contribution in [0.2, 0.25) is 0 Å². The van der Waals surface area contributed by atoms with Gasteiger partial charge in [-0.15, -0.1) is 5.10 Å². The fraction of sp³-hybridized carbons (Fsp3) is 0.0370. The maximum Gasteiger partial charge on any atom is 0.246 e. The third-order valence-corrected chi connectivity index (χ3v) is 5.05. The Morgan fingerprint density at radius 3 is 2.49 bits per heavy atom. The number of nitrogens with zero attached hydrogens (tertiary/aromatic N) is 4. The van der Waals surface area contributed by atoms with Crippen LogP contribution in [0.15, 0.2) is 104 Å². The number of aromatic amines is 1. The smallest absolute Gasteiger partial charge is 0.246 e. The van der Waals surface area contributed by atoms with E-state index in [0.717, 1.165) is 22.9 Å². The van der Waals surface area contributed by atoms with E-state index in [1.165, 1.54) is 6.08 Å². The molecular formula is C27H24FN7. The van der Waals surface area contributed by atoms with Crippen LogP contribution in [0.1, 0.15) is 18.1 Å². The molecule has 0 atom stereocenters. The van der Waals surface area contributed by atoms with E-state index in [4.69, 9.17) is 0 Å². The third-order valence-electron chi connectivity index (χ3n) is 5.05. The first-order valence-corrected chi connectivity index (χ1v) is 10.9. The summed E-state index contributed by atoms with van der Waals surface area (Å²) in [5, 5.41) is 13.4. The van der Waals surface area contributed by atoms with Crippen LogP contribution in [0.3, 0.4) is 0 Å². The van der Waals surface area contributed by atoms with E-state index in [2.05, 4.69) is 48.9 Å². The van der Waals surface area contributed by atoms with Gasteiger partial charge in [0.05, 0.1) is 0 Å².